The van der Waals surface area contributed by atoms with Crippen molar-refractivity contribution in [2.24, 2.45) is 0 Å². The van der Waals surface area contributed by atoms with Gasteiger partial charge in [0.2, 0.25) is 0 Å². The third kappa shape index (κ3) is 16.4. The second kappa shape index (κ2) is 32.5. The van der Waals surface area contributed by atoms with Crippen LogP contribution in [0, 0.1) is 55.4 Å². The number of para-hydroxylation sites is 4. The molecule has 0 saturated heterocycles. The van der Waals surface area contributed by atoms with E-state index in [2.05, 4.69) is 357 Å². The Bertz CT molecular complexity index is 6280. The molecule has 0 aliphatic heterocycles. The van der Waals surface area contributed by atoms with Gasteiger partial charge in [-0.2, -0.15) is 0 Å². The lowest BCUT2D eigenvalue weighted by atomic mass is 10.1. The molecule has 0 aliphatic carbocycles. The number of fused-ring (bicyclic) bond motifs is 17. The van der Waals surface area contributed by atoms with Gasteiger partial charge in [-0.05, 0) is 185 Å². The number of thiophene rings is 2. The van der Waals surface area contributed by atoms with Crippen molar-refractivity contribution in [1.82, 2.24) is 4.57 Å². The number of aryl methyl sites for hydroxylation is 8. The summed E-state index contributed by atoms with van der Waals surface area (Å²) in [6, 6.07) is 125. The first kappa shape index (κ1) is 69.9. The van der Waals surface area contributed by atoms with E-state index in [9.17, 15) is 0 Å². The second-order valence-corrected chi connectivity index (χ2v) is 29.1. The van der Waals surface area contributed by atoms with Crippen LogP contribution < -0.4 is 0 Å². The summed E-state index contributed by atoms with van der Waals surface area (Å²) in [7, 11) is 0. The molecule has 0 atom stereocenters. The molecule has 0 aliphatic rings. The predicted octanol–water partition coefficient (Wildman–Crippen LogP) is 29.9. The number of rotatable bonds is 1. The molecule has 105 heavy (non-hydrogen) atoms. The van der Waals surface area contributed by atoms with Gasteiger partial charge in [0.1, 0.15) is 22.3 Å². The first-order chi connectivity index (χ1) is 51.3. The van der Waals surface area contributed by atoms with E-state index < -0.39 is 0 Å². The first-order valence-electron chi connectivity index (χ1n) is 35.8. The molecule has 0 saturated carbocycles. The molecule has 512 valence electrons. The van der Waals surface area contributed by atoms with Crippen molar-refractivity contribution in [3.05, 3.63) is 402 Å². The van der Waals surface area contributed by atoms with Crippen LogP contribution in [0.2, 0.25) is 0 Å². The molecule has 0 spiro atoms. The minimum Gasteiger partial charge on any atom is -0.456 e. The summed E-state index contributed by atoms with van der Waals surface area (Å²) in [6.45, 7) is 17.0. The lowest BCUT2D eigenvalue weighted by Gasteiger charge is -2.07. The minimum atomic E-state index is 0.966. The van der Waals surface area contributed by atoms with Crippen LogP contribution in [0.5, 0.6) is 0 Å². The standard InChI is InChI=1S/C19H15N.2C13H10O.2C13H10S.2C11H10.C7H8/c1-14-11-12-19-17(13-14)16-9-5-6-10-18(16)20(19)15-7-3-2-4-8-15;1-9-6-7-13-11(8-9)10-4-2-3-5-12(10)14-13;1-9-6-7-11-10-4-2-3-5-12(10)14-13(11)8-9;1-9-6-7-13-11(8-9)10-4-2-3-5-12(10)14-13;1-9-6-7-11-10-4-2-3-5-12(10)14-13(11)8-9;1-9-5-4-7-10-6-2-3-8-11(9)10;1-9-6-7-10-4-2-3-5-11(10)8-9;1-7-5-3-2-4-6-7/h2-13H,1H3;4*2-8H,1H3;2*2-8H,1H3;2-6H,1H3. The Balaban J connectivity index is 0.000000102. The van der Waals surface area contributed by atoms with Crippen LogP contribution in [0.25, 0.3) is 133 Å². The molecule has 5 heteroatoms. The Labute approximate surface area is 622 Å². The zero-order valence-corrected chi connectivity index (χ0v) is 62.3. The van der Waals surface area contributed by atoms with E-state index in [1.807, 2.05) is 83.3 Å². The van der Waals surface area contributed by atoms with Crippen LogP contribution >= 0.6 is 22.7 Å². The van der Waals surface area contributed by atoms with Gasteiger partial charge in [0.05, 0.1) is 11.0 Å². The molecule has 21 rings (SSSR count). The highest BCUT2D eigenvalue weighted by Gasteiger charge is 2.13. The summed E-state index contributed by atoms with van der Waals surface area (Å²) in [4.78, 5) is 0. The van der Waals surface area contributed by atoms with E-state index in [1.54, 1.807) is 0 Å². The summed E-state index contributed by atoms with van der Waals surface area (Å²) >= 11 is 3.75. The van der Waals surface area contributed by atoms with E-state index in [0.29, 0.717) is 0 Å². The fourth-order valence-electron chi connectivity index (χ4n) is 13.5. The Hall–Kier alpha value is -12.1. The fourth-order valence-corrected chi connectivity index (χ4v) is 15.8. The molecule has 0 N–H and O–H groups in total. The molecule has 16 aromatic carbocycles. The van der Waals surface area contributed by atoms with E-state index in [4.69, 9.17) is 8.83 Å². The Morgan fingerprint density at radius 3 is 1.29 bits per heavy atom. The number of hydrogen-bond donors (Lipinski definition) is 0. The molecule has 5 heterocycles. The molecule has 21 aromatic rings. The fraction of sp³-hybridized carbons (Fsp3) is 0.0800. The maximum Gasteiger partial charge on any atom is 0.135 e. The zero-order chi connectivity index (χ0) is 72.2. The van der Waals surface area contributed by atoms with Crippen LogP contribution in [0.15, 0.2) is 367 Å². The summed E-state index contributed by atoms with van der Waals surface area (Å²) < 4.78 is 19.3. The van der Waals surface area contributed by atoms with Crippen LogP contribution in [-0.4, -0.2) is 4.57 Å². The van der Waals surface area contributed by atoms with E-state index in [-0.39, 0.29) is 0 Å². The Morgan fingerprint density at radius 1 is 0.200 bits per heavy atom. The monoisotopic (exact) mass is 1390 g/mol. The minimum absolute atomic E-state index is 0.966. The highest BCUT2D eigenvalue weighted by Crippen LogP contribution is 2.37. The van der Waals surface area contributed by atoms with Crippen molar-refractivity contribution in [2.45, 2.75) is 55.4 Å². The molecule has 0 radical (unpaired) electrons. The van der Waals surface area contributed by atoms with Crippen LogP contribution in [0.3, 0.4) is 0 Å². The Morgan fingerprint density at radius 2 is 0.610 bits per heavy atom. The number of furan rings is 2. The highest BCUT2D eigenvalue weighted by molar-refractivity contribution is 7.26. The third-order valence-electron chi connectivity index (χ3n) is 18.8. The molecular formula is C100H83NO2S2. The maximum absolute atomic E-state index is 5.73. The van der Waals surface area contributed by atoms with Crippen LogP contribution in [0.4, 0.5) is 0 Å². The Kier molecular flexibility index (Phi) is 21.6. The SMILES string of the molecule is Cc1ccc2c(c1)c1ccccc1n2-c1ccccc1.Cc1ccc2c(c1)oc1ccccc12.Cc1ccc2c(c1)sc1ccccc12.Cc1ccc2ccccc2c1.Cc1ccc2oc3ccccc3c2c1.Cc1ccc2sc3ccccc3c2c1.Cc1cccc2ccccc12.Cc1ccccc1. The molecular weight excluding hydrogens is 1310 g/mol. The highest BCUT2D eigenvalue weighted by atomic mass is 32.1. The molecule has 0 bridgehead atoms. The van der Waals surface area contributed by atoms with Gasteiger partial charge in [-0.25, -0.2) is 0 Å². The van der Waals surface area contributed by atoms with Crippen molar-refractivity contribution in [2.75, 3.05) is 0 Å². The van der Waals surface area contributed by atoms with Crippen molar-refractivity contribution in [1.29, 1.82) is 0 Å². The first-order valence-corrected chi connectivity index (χ1v) is 37.5. The smallest absolute Gasteiger partial charge is 0.135 e. The largest absolute Gasteiger partial charge is 0.456 e. The molecule has 0 unspecified atom stereocenters. The lowest BCUT2D eigenvalue weighted by Crippen LogP contribution is -1.92. The van der Waals surface area contributed by atoms with Crippen molar-refractivity contribution < 1.29 is 8.83 Å². The predicted molar refractivity (Wildman–Crippen MR) is 459 cm³/mol. The average molecular weight is 1390 g/mol. The summed E-state index contributed by atoms with van der Waals surface area (Å²) in [5.41, 5.74) is 18.1. The summed E-state index contributed by atoms with van der Waals surface area (Å²) in [5, 5.41) is 18.3. The van der Waals surface area contributed by atoms with Gasteiger partial charge in [-0.15, -0.1) is 22.7 Å². The van der Waals surface area contributed by atoms with Crippen molar-refractivity contribution in [3.63, 3.8) is 0 Å². The van der Waals surface area contributed by atoms with Gasteiger partial charge >= 0.3 is 0 Å². The topological polar surface area (TPSA) is 31.2 Å². The normalized spacial score (nSPS) is 10.9. The van der Waals surface area contributed by atoms with Gasteiger partial charge in [0.25, 0.3) is 0 Å². The quantitative estimate of drug-likeness (QED) is 0.164. The van der Waals surface area contributed by atoms with E-state index in [1.165, 1.54) is 155 Å². The van der Waals surface area contributed by atoms with E-state index >= 15 is 0 Å². The van der Waals surface area contributed by atoms with Gasteiger partial charge < -0.3 is 13.4 Å². The van der Waals surface area contributed by atoms with Gasteiger partial charge in [0, 0.05) is 78.3 Å². The summed E-state index contributed by atoms with van der Waals surface area (Å²) in [6.07, 6.45) is 0. The van der Waals surface area contributed by atoms with Gasteiger partial charge in [0.15, 0.2) is 0 Å². The van der Waals surface area contributed by atoms with E-state index in [0.717, 1.165) is 22.3 Å². The maximum atomic E-state index is 5.73. The van der Waals surface area contributed by atoms with Crippen molar-refractivity contribution in [3.8, 4) is 5.69 Å². The number of aromatic nitrogens is 1. The number of nitrogens with zero attached hydrogens (tertiary/aromatic N) is 1. The van der Waals surface area contributed by atoms with Gasteiger partial charge in [-0.1, -0.05) is 295 Å². The molecule has 3 nitrogen and oxygen atoms in total. The molecule has 0 fully saturated rings. The molecule has 0 amide bonds. The molecule has 5 aromatic heterocycles. The zero-order valence-electron chi connectivity index (χ0n) is 60.6. The number of hydrogen-bond acceptors (Lipinski definition) is 4. The summed E-state index contributed by atoms with van der Waals surface area (Å²) in [5.74, 6) is 0. The third-order valence-corrected chi connectivity index (χ3v) is 21.1. The van der Waals surface area contributed by atoms with Crippen LogP contribution in [-0.2, 0) is 0 Å². The van der Waals surface area contributed by atoms with Crippen molar-refractivity contribution >= 4 is 150 Å². The number of benzene rings is 16. The lowest BCUT2D eigenvalue weighted by molar-refractivity contribution is 0.668. The average Bonchev–Trinajstić information content (AvgIpc) is 1.61. The van der Waals surface area contributed by atoms with Gasteiger partial charge in [-0.3, -0.25) is 0 Å². The van der Waals surface area contributed by atoms with Crippen LogP contribution in [0.1, 0.15) is 44.5 Å². The second-order valence-electron chi connectivity index (χ2n) is 26.9.